The van der Waals surface area contributed by atoms with Gasteiger partial charge in [-0.05, 0) is 0 Å². The van der Waals surface area contributed by atoms with Crippen molar-refractivity contribution >= 4 is 50.9 Å². The average Bonchev–Trinajstić information content (AvgIpc) is 1.61. The molecule has 7 heteroatoms. The zero-order valence-corrected chi connectivity index (χ0v) is 11.0. The summed E-state index contributed by atoms with van der Waals surface area (Å²) in [7, 11) is 0. The molecule has 10 heavy (non-hydrogen) atoms. The molecule has 0 amide bonds. The number of hydrogen-bond donors (Lipinski definition) is 3. The van der Waals surface area contributed by atoms with Gasteiger partial charge in [-0.25, -0.2) is 0 Å². The van der Waals surface area contributed by atoms with Crippen LogP contribution in [0, 0.1) is 5.41 Å². The number of amidine groups is 1. The second-order valence-corrected chi connectivity index (χ2v) is 2.14. The van der Waals surface area contributed by atoms with Crippen LogP contribution < -0.4 is 28.4 Å². The molecule has 0 spiro atoms. The highest BCUT2D eigenvalue weighted by Gasteiger charge is 1.84. The average molecular weight is 361 g/mol. The van der Waals surface area contributed by atoms with Gasteiger partial charge in [-0.2, -0.15) is 0 Å². The molecule has 0 saturated heterocycles. The predicted octanol–water partition coefficient (Wildman–Crippen LogP) is -2.27. The minimum absolute atomic E-state index is 0. The van der Waals surface area contributed by atoms with Gasteiger partial charge in [0.2, 0.25) is 0 Å². The topological polar surface area (TPSA) is 75.9 Å². The molecule has 0 aliphatic rings. The maximum Gasteiger partial charge on any atom is 0.151 e. The van der Waals surface area contributed by atoms with Crippen LogP contribution >= 0.6 is 45.7 Å². The second kappa shape index (κ2) is 16.7. The van der Waals surface area contributed by atoms with Crippen LogP contribution in [0.15, 0.2) is 0 Å². The molecule has 0 bridgehead atoms. The summed E-state index contributed by atoms with van der Waals surface area (Å²) >= 11 is 1.27. The molecule has 0 aromatic carbocycles. The molecule has 0 rings (SSSR count). The molecule has 0 radical (unpaired) electrons. The standard InChI is InChI=1S/C3H9N3S.3BrH/c4-1-2-7-3(5)6;;;/h1-2,4H2,(H3,5,6);3*1H/p-1. The number of nitrogens with one attached hydrogen (secondary N) is 1. The van der Waals surface area contributed by atoms with Crippen LogP contribution in [-0.4, -0.2) is 17.5 Å². The first-order valence-corrected chi connectivity index (χ1v) is 2.93. The van der Waals surface area contributed by atoms with E-state index in [0.29, 0.717) is 6.54 Å². The first-order valence-electron chi connectivity index (χ1n) is 1.94. The largest absolute Gasteiger partial charge is 1.00 e. The molecule has 66 valence electrons. The highest BCUT2D eigenvalue weighted by atomic mass is 79.9. The lowest BCUT2D eigenvalue weighted by atomic mass is 10.8. The van der Waals surface area contributed by atoms with Crippen LogP contribution in [0.25, 0.3) is 0 Å². The maximum atomic E-state index is 6.68. The predicted molar refractivity (Wildman–Crippen MR) is 54.1 cm³/mol. The van der Waals surface area contributed by atoms with Gasteiger partial charge >= 0.3 is 0 Å². The van der Waals surface area contributed by atoms with E-state index in [9.17, 15) is 0 Å². The van der Waals surface area contributed by atoms with Gasteiger partial charge in [-0.1, -0.05) is 11.8 Å². The van der Waals surface area contributed by atoms with Gasteiger partial charge in [0, 0.05) is 12.3 Å². The monoisotopic (exact) mass is 358 g/mol. The summed E-state index contributed by atoms with van der Waals surface area (Å²) in [5.74, 6) is 0.745. The van der Waals surface area contributed by atoms with E-state index < -0.39 is 0 Å². The van der Waals surface area contributed by atoms with Gasteiger partial charge in [-0.15, -0.1) is 34.0 Å². The Balaban J connectivity index is -0.0000000600. The van der Waals surface area contributed by atoms with Crippen molar-refractivity contribution in [2.24, 2.45) is 11.5 Å². The van der Waals surface area contributed by atoms with Crippen LogP contribution in [0.1, 0.15) is 0 Å². The Bertz CT molecular complexity index is 72.0. The summed E-state index contributed by atoms with van der Waals surface area (Å²) in [4.78, 5) is 0. The Hall–Kier alpha value is 1.22. The van der Waals surface area contributed by atoms with Crippen molar-refractivity contribution in [2.45, 2.75) is 0 Å². The Labute approximate surface area is 96.5 Å². The van der Waals surface area contributed by atoms with Gasteiger partial charge in [0.05, 0.1) is 0 Å². The van der Waals surface area contributed by atoms with Crippen molar-refractivity contribution in [3.05, 3.63) is 0 Å². The molecule has 0 saturated carbocycles. The van der Waals surface area contributed by atoms with E-state index in [-0.39, 0.29) is 56.1 Å². The molecular weight excluding hydrogens is 350 g/mol. The van der Waals surface area contributed by atoms with Gasteiger partial charge in [0.25, 0.3) is 0 Å². The second-order valence-electron chi connectivity index (χ2n) is 1.00. The first kappa shape index (κ1) is 22.5. The molecule has 0 aliphatic carbocycles. The maximum absolute atomic E-state index is 6.68. The third-order valence-corrected chi connectivity index (χ3v) is 1.13. The zero-order valence-electron chi connectivity index (χ0n) is 5.17. The summed E-state index contributed by atoms with van der Waals surface area (Å²) in [6, 6.07) is 0. The lowest BCUT2D eigenvalue weighted by molar-refractivity contribution is -0.00000212. The molecule has 0 atom stereocenters. The quantitative estimate of drug-likeness (QED) is 0.384. The van der Waals surface area contributed by atoms with E-state index in [1.54, 1.807) is 0 Å². The van der Waals surface area contributed by atoms with Crippen LogP contribution in [-0.2, 0) is 0 Å². The van der Waals surface area contributed by atoms with Crippen LogP contribution in [0.4, 0.5) is 0 Å². The fraction of sp³-hybridized carbons (Fsp3) is 0.667. The third kappa shape index (κ3) is 22.9. The number of hydrogen-bond acceptors (Lipinski definition) is 3. The number of thioether (sulfide) groups is 1. The van der Waals surface area contributed by atoms with Gasteiger partial charge in [0.15, 0.2) is 5.17 Å². The molecule has 0 fully saturated rings. The number of nitrogens with two attached hydrogens (primary N) is 2. The summed E-state index contributed by atoms with van der Waals surface area (Å²) in [5, 5.41) is 6.83. The molecule has 5 N–H and O–H groups in total. The lowest BCUT2D eigenvalue weighted by Gasteiger charge is -1.90. The van der Waals surface area contributed by atoms with E-state index in [2.05, 4.69) is 0 Å². The normalized spacial score (nSPS) is 6.10. The fourth-order valence-electron chi connectivity index (χ4n) is 0.169. The number of halogens is 3. The fourth-order valence-corrected chi connectivity index (χ4v) is 0.507. The summed E-state index contributed by atoms with van der Waals surface area (Å²) in [5.41, 5.74) is 10.1. The molecule has 0 aromatic rings. The van der Waals surface area contributed by atoms with Crippen molar-refractivity contribution < 1.29 is 17.0 Å². The highest BCUT2D eigenvalue weighted by molar-refractivity contribution is 8.93. The first-order chi connectivity index (χ1) is 3.27. The molecule has 0 aliphatic heterocycles. The van der Waals surface area contributed by atoms with Crippen molar-refractivity contribution in [3.8, 4) is 0 Å². The lowest BCUT2D eigenvalue weighted by Crippen LogP contribution is -3.00. The summed E-state index contributed by atoms with van der Waals surface area (Å²) in [6.45, 7) is 0.588. The van der Waals surface area contributed by atoms with E-state index in [1.165, 1.54) is 11.8 Å². The van der Waals surface area contributed by atoms with E-state index >= 15 is 0 Å². The molecule has 0 aromatic heterocycles. The van der Waals surface area contributed by atoms with Gasteiger partial charge < -0.3 is 28.4 Å². The minimum atomic E-state index is 0. The van der Waals surface area contributed by atoms with Crippen molar-refractivity contribution in [2.75, 3.05) is 12.3 Å². The Kier molecular flexibility index (Phi) is 37.5. The SMILES string of the molecule is Br.Br.N=C(N)SCCN.[Br-]. The molecular formula is C3H11Br3N3S-. The number of rotatable bonds is 2. The van der Waals surface area contributed by atoms with E-state index in [0.717, 1.165) is 5.75 Å². The van der Waals surface area contributed by atoms with Crippen LogP contribution in [0.3, 0.4) is 0 Å². The molecule has 0 unspecified atom stereocenters. The van der Waals surface area contributed by atoms with Crippen LogP contribution in [0.5, 0.6) is 0 Å². The Morgan fingerprint density at radius 2 is 1.80 bits per heavy atom. The van der Waals surface area contributed by atoms with E-state index in [4.69, 9.17) is 16.9 Å². The minimum Gasteiger partial charge on any atom is -1.00 e. The van der Waals surface area contributed by atoms with Crippen molar-refractivity contribution in [3.63, 3.8) is 0 Å². The van der Waals surface area contributed by atoms with Crippen LogP contribution in [0.2, 0.25) is 0 Å². The van der Waals surface area contributed by atoms with E-state index in [1.807, 2.05) is 0 Å². The Morgan fingerprint density at radius 3 is 1.90 bits per heavy atom. The Morgan fingerprint density at radius 1 is 1.40 bits per heavy atom. The molecule has 3 nitrogen and oxygen atoms in total. The van der Waals surface area contributed by atoms with Gasteiger partial charge in [0.1, 0.15) is 0 Å². The van der Waals surface area contributed by atoms with Gasteiger partial charge in [-0.3, -0.25) is 5.41 Å². The zero-order chi connectivity index (χ0) is 5.70. The van der Waals surface area contributed by atoms with Crippen molar-refractivity contribution in [1.29, 1.82) is 5.41 Å². The highest BCUT2D eigenvalue weighted by Crippen LogP contribution is 1.92. The third-order valence-electron chi connectivity index (χ3n) is 0.375. The van der Waals surface area contributed by atoms with Crippen molar-refractivity contribution in [1.82, 2.24) is 0 Å². The summed E-state index contributed by atoms with van der Waals surface area (Å²) < 4.78 is 0. The summed E-state index contributed by atoms with van der Waals surface area (Å²) in [6.07, 6.45) is 0. The smallest absolute Gasteiger partial charge is 0.151 e. The molecule has 0 heterocycles.